The van der Waals surface area contributed by atoms with Gasteiger partial charge in [0.05, 0.1) is 0 Å². The Morgan fingerprint density at radius 3 is 2.13 bits per heavy atom. The number of rotatable bonds is 1. The molecular weight excluding hydrogens is 211 g/mol. The lowest BCUT2D eigenvalue weighted by molar-refractivity contribution is 0.511. The van der Waals surface area contributed by atoms with Crippen LogP contribution in [-0.4, -0.2) is 0 Å². The Balaban J connectivity index is 3.44. The lowest BCUT2D eigenvalue weighted by Crippen LogP contribution is -2.16. The van der Waals surface area contributed by atoms with Crippen LogP contribution in [0.1, 0.15) is 51.7 Å². The fourth-order valence-corrected chi connectivity index (χ4v) is 2.13. The monoisotopic (exact) mass is 228 g/mol. The zero-order valence-corrected chi connectivity index (χ0v) is 10.7. The molecule has 0 saturated heterocycles. The third-order valence-electron chi connectivity index (χ3n) is 2.49. The molecule has 0 aliphatic heterocycles. The van der Waals surface area contributed by atoms with E-state index in [2.05, 4.69) is 0 Å². The van der Waals surface area contributed by atoms with Crippen molar-refractivity contribution >= 4 is 11.6 Å². The minimum Gasteiger partial charge on any atom is -0.206 e. The van der Waals surface area contributed by atoms with Gasteiger partial charge in [-0.1, -0.05) is 52.3 Å². The first-order valence-electron chi connectivity index (χ1n) is 5.23. The summed E-state index contributed by atoms with van der Waals surface area (Å²) in [6, 6.07) is 3.57. The molecule has 0 spiro atoms. The summed E-state index contributed by atoms with van der Waals surface area (Å²) in [6.45, 7) is 9.89. The maximum absolute atomic E-state index is 14.2. The summed E-state index contributed by atoms with van der Waals surface area (Å²) >= 11 is 6.05. The van der Waals surface area contributed by atoms with Crippen molar-refractivity contribution in [1.29, 1.82) is 0 Å². The normalized spacial score (nSPS) is 12.3. The molecule has 0 fully saturated rings. The van der Waals surface area contributed by atoms with Crippen LogP contribution in [-0.2, 0) is 5.41 Å². The maximum atomic E-state index is 14.2. The molecule has 1 rings (SSSR count). The number of hydrogen-bond donors (Lipinski definition) is 0. The van der Waals surface area contributed by atoms with Gasteiger partial charge in [-0.15, -0.1) is 0 Å². The molecule has 0 nitrogen and oxygen atoms in total. The quantitative estimate of drug-likeness (QED) is 0.641. The van der Waals surface area contributed by atoms with Crippen LogP contribution in [0.3, 0.4) is 0 Å². The van der Waals surface area contributed by atoms with Crippen molar-refractivity contribution in [2.75, 3.05) is 0 Å². The van der Waals surface area contributed by atoms with E-state index in [1.54, 1.807) is 12.1 Å². The smallest absolute Gasteiger partial charge is 0.131 e. The predicted octanol–water partition coefficient (Wildman–Crippen LogP) is 4.90. The molecule has 0 heterocycles. The Morgan fingerprint density at radius 1 is 1.20 bits per heavy atom. The van der Waals surface area contributed by atoms with Crippen LogP contribution < -0.4 is 0 Å². The summed E-state index contributed by atoms with van der Waals surface area (Å²) in [5.41, 5.74) is 1.10. The number of hydrogen-bond acceptors (Lipinski definition) is 0. The summed E-state index contributed by atoms with van der Waals surface area (Å²) in [5.74, 6) is 0.0355. The van der Waals surface area contributed by atoms with Crippen molar-refractivity contribution in [3.63, 3.8) is 0 Å². The molecule has 15 heavy (non-hydrogen) atoms. The van der Waals surface area contributed by atoms with Gasteiger partial charge in [0.1, 0.15) is 5.82 Å². The van der Waals surface area contributed by atoms with Gasteiger partial charge in [0.25, 0.3) is 0 Å². The van der Waals surface area contributed by atoms with Gasteiger partial charge in [0.2, 0.25) is 0 Å². The van der Waals surface area contributed by atoms with E-state index < -0.39 is 0 Å². The summed E-state index contributed by atoms with van der Waals surface area (Å²) < 4.78 is 14.2. The van der Waals surface area contributed by atoms with E-state index in [0.717, 1.165) is 5.56 Å². The van der Waals surface area contributed by atoms with Crippen molar-refractivity contribution in [2.45, 2.75) is 46.0 Å². The largest absolute Gasteiger partial charge is 0.206 e. The molecule has 0 N–H and O–H groups in total. The van der Waals surface area contributed by atoms with Gasteiger partial charge < -0.3 is 0 Å². The first-order chi connectivity index (χ1) is 6.75. The Kier molecular flexibility index (Phi) is 3.44. The van der Waals surface area contributed by atoms with Crippen LogP contribution in [0, 0.1) is 5.82 Å². The SMILES string of the molecule is CC(C)c1ccc(Cl)c(C(C)(C)C)c1F. The van der Waals surface area contributed by atoms with Gasteiger partial charge in [-0.25, -0.2) is 4.39 Å². The van der Waals surface area contributed by atoms with E-state index in [4.69, 9.17) is 11.6 Å². The van der Waals surface area contributed by atoms with Crippen molar-refractivity contribution in [3.05, 3.63) is 34.1 Å². The van der Waals surface area contributed by atoms with Crippen molar-refractivity contribution in [3.8, 4) is 0 Å². The van der Waals surface area contributed by atoms with Gasteiger partial charge >= 0.3 is 0 Å². The third kappa shape index (κ3) is 2.52. The van der Waals surface area contributed by atoms with Gasteiger partial charge in [-0.3, -0.25) is 0 Å². The maximum Gasteiger partial charge on any atom is 0.131 e. The summed E-state index contributed by atoms with van der Waals surface area (Å²) in [7, 11) is 0. The molecule has 0 radical (unpaired) electrons. The van der Waals surface area contributed by atoms with Crippen LogP contribution in [0.25, 0.3) is 0 Å². The Morgan fingerprint density at radius 2 is 1.73 bits per heavy atom. The number of benzene rings is 1. The molecular formula is C13H18ClF. The highest BCUT2D eigenvalue weighted by Crippen LogP contribution is 2.35. The number of halogens is 2. The van der Waals surface area contributed by atoms with E-state index in [0.29, 0.717) is 10.6 Å². The molecule has 2 heteroatoms. The van der Waals surface area contributed by atoms with Crippen LogP contribution in [0.4, 0.5) is 4.39 Å². The molecule has 0 unspecified atom stereocenters. The minimum atomic E-state index is -0.258. The molecule has 1 aromatic carbocycles. The van der Waals surface area contributed by atoms with E-state index in [9.17, 15) is 4.39 Å². The molecule has 84 valence electrons. The summed E-state index contributed by atoms with van der Waals surface area (Å²) in [4.78, 5) is 0. The molecule has 0 aromatic heterocycles. The van der Waals surface area contributed by atoms with Crippen LogP contribution in [0.5, 0.6) is 0 Å². The molecule has 0 aliphatic rings. The van der Waals surface area contributed by atoms with Gasteiger partial charge in [0, 0.05) is 10.6 Å². The first kappa shape index (κ1) is 12.5. The molecule has 0 aliphatic carbocycles. The third-order valence-corrected chi connectivity index (χ3v) is 2.81. The highest BCUT2D eigenvalue weighted by Gasteiger charge is 2.24. The van der Waals surface area contributed by atoms with Crippen LogP contribution in [0.2, 0.25) is 5.02 Å². The van der Waals surface area contributed by atoms with Gasteiger partial charge in [-0.2, -0.15) is 0 Å². The predicted molar refractivity (Wildman–Crippen MR) is 64.2 cm³/mol. The zero-order chi connectivity index (χ0) is 11.8. The Hall–Kier alpha value is -0.560. The Labute approximate surface area is 96.5 Å². The van der Waals surface area contributed by atoms with Crippen molar-refractivity contribution in [1.82, 2.24) is 0 Å². The second-order valence-corrected chi connectivity index (χ2v) is 5.64. The highest BCUT2D eigenvalue weighted by molar-refractivity contribution is 6.31. The average molecular weight is 229 g/mol. The minimum absolute atomic E-state index is 0.148. The molecule has 1 aromatic rings. The van der Waals surface area contributed by atoms with Crippen LogP contribution >= 0.6 is 11.6 Å². The van der Waals surface area contributed by atoms with E-state index >= 15 is 0 Å². The van der Waals surface area contributed by atoms with E-state index in [1.807, 2.05) is 34.6 Å². The van der Waals surface area contributed by atoms with E-state index in [-0.39, 0.29) is 17.2 Å². The molecule has 0 saturated carbocycles. The lowest BCUT2D eigenvalue weighted by Gasteiger charge is -2.23. The van der Waals surface area contributed by atoms with Crippen molar-refractivity contribution in [2.24, 2.45) is 0 Å². The second-order valence-electron chi connectivity index (χ2n) is 5.23. The van der Waals surface area contributed by atoms with Gasteiger partial charge in [-0.05, 0) is 23.0 Å². The second kappa shape index (κ2) is 4.13. The molecule has 0 amide bonds. The topological polar surface area (TPSA) is 0 Å². The summed E-state index contributed by atoms with van der Waals surface area (Å²) in [6.07, 6.45) is 0. The fraction of sp³-hybridized carbons (Fsp3) is 0.538. The molecule has 0 atom stereocenters. The lowest BCUT2D eigenvalue weighted by atomic mass is 9.84. The van der Waals surface area contributed by atoms with Crippen molar-refractivity contribution < 1.29 is 4.39 Å². The average Bonchev–Trinajstić information content (AvgIpc) is 2.00. The molecule has 0 bridgehead atoms. The Bertz CT molecular complexity index is 362. The first-order valence-corrected chi connectivity index (χ1v) is 5.61. The van der Waals surface area contributed by atoms with Gasteiger partial charge in [0.15, 0.2) is 0 Å². The summed E-state index contributed by atoms with van der Waals surface area (Å²) in [5, 5.41) is 0.518. The zero-order valence-electron chi connectivity index (χ0n) is 9.99. The highest BCUT2D eigenvalue weighted by atomic mass is 35.5. The van der Waals surface area contributed by atoms with Crippen LogP contribution in [0.15, 0.2) is 12.1 Å². The van der Waals surface area contributed by atoms with E-state index in [1.165, 1.54) is 0 Å². The fourth-order valence-electron chi connectivity index (χ4n) is 1.70. The standard InChI is InChI=1S/C13H18ClF/c1-8(2)9-6-7-10(14)11(12(9)15)13(3,4)5/h6-8H,1-5H3.